The van der Waals surface area contributed by atoms with Crippen LogP contribution in [0.5, 0.6) is 0 Å². The molecular weight excluding hydrogens is 334 g/mol. The summed E-state index contributed by atoms with van der Waals surface area (Å²) in [4.78, 5) is 20.3. The predicted octanol–water partition coefficient (Wildman–Crippen LogP) is 5.12. The molecule has 0 saturated heterocycles. The minimum Gasteiger partial charge on any atom is -0.305 e. The molecule has 0 bridgehead atoms. The molecule has 4 nitrogen and oxygen atoms in total. The monoisotopic (exact) mass is 365 g/mol. The fourth-order valence-corrected chi connectivity index (χ4v) is 4.15. The molecule has 2 aromatic rings. The van der Waals surface area contributed by atoms with Crippen molar-refractivity contribution in [2.75, 3.05) is 0 Å². The van der Waals surface area contributed by atoms with Gasteiger partial charge in [0.05, 0.1) is 0 Å². The summed E-state index contributed by atoms with van der Waals surface area (Å²) in [6.45, 7) is 8.83. The van der Waals surface area contributed by atoms with Gasteiger partial charge in [-0.3, -0.25) is 9.78 Å². The van der Waals surface area contributed by atoms with Gasteiger partial charge in [-0.2, -0.15) is 4.99 Å². The first kappa shape index (κ1) is 19.5. The van der Waals surface area contributed by atoms with Crippen LogP contribution in [0, 0.1) is 11.3 Å². The Balaban J connectivity index is 2.19. The molecule has 0 aromatic carbocycles. The minimum atomic E-state index is 0.188. The lowest BCUT2D eigenvalue weighted by Gasteiger charge is -2.23. The van der Waals surface area contributed by atoms with E-state index in [0.717, 1.165) is 34.8 Å². The van der Waals surface area contributed by atoms with Crippen LogP contribution in [0.4, 0.5) is 0 Å². The average Bonchev–Trinajstić information content (AvgIpc) is 3.18. The fraction of sp³-hybridized carbons (Fsp3) is 0.522. The van der Waals surface area contributed by atoms with Crippen LogP contribution in [0.3, 0.4) is 0 Å². The maximum absolute atomic E-state index is 11.3. The van der Waals surface area contributed by atoms with Gasteiger partial charge >= 0.3 is 0 Å². The van der Waals surface area contributed by atoms with Crippen molar-refractivity contribution in [3.8, 4) is 0 Å². The predicted molar refractivity (Wildman–Crippen MR) is 111 cm³/mol. The summed E-state index contributed by atoms with van der Waals surface area (Å²) >= 11 is 0. The van der Waals surface area contributed by atoms with Crippen LogP contribution >= 0.6 is 0 Å². The maximum atomic E-state index is 11.3. The van der Waals surface area contributed by atoms with E-state index in [9.17, 15) is 4.79 Å². The summed E-state index contributed by atoms with van der Waals surface area (Å²) in [5.41, 5.74) is 3.24. The van der Waals surface area contributed by atoms with Crippen molar-refractivity contribution in [3.05, 3.63) is 41.8 Å². The van der Waals surface area contributed by atoms with Crippen molar-refractivity contribution in [1.29, 1.82) is 0 Å². The van der Waals surface area contributed by atoms with Crippen molar-refractivity contribution >= 4 is 22.9 Å². The number of pyridine rings is 2. The molecule has 0 spiro atoms. The molecule has 1 fully saturated rings. The zero-order valence-corrected chi connectivity index (χ0v) is 17.0. The molecule has 0 radical (unpaired) electrons. The van der Waals surface area contributed by atoms with Crippen LogP contribution < -0.4 is 5.49 Å². The summed E-state index contributed by atoms with van der Waals surface area (Å²) in [6.07, 6.45) is 13.7. The van der Waals surface area contributed by atoms with Gasteiger partial charge in [-0.05, 0) is 49.7 Å². The maximum Gasteiger partial charge on any atom is 0.234 e. The Labute approximate surface area is 162 Å². The van der Waals surface area contributed by atoms with Gasteiger partial charge in [-0.15, -0.1) is 0 Å². The molecule has 0 unspecified atom stereocenters. The second-order valence-corrected chi connectivity index (χ2v) is 8.35. The Morgan fingerprint density at radius 3 is 2.67 bits per heavy atom. The van der Waals surface area contributed by atoms with Gasteiger partial charge in [0.15, 0.2) is 0 Å². The van der Waals surface area contributed by atoms with Crippen LogP contribution in [0.1, 0.15) is 65.5 Å². The average molecular weight is 366 g/mol. The van der Waals surface area contributed by atoms with E-state index in [2.05, 4.69) is 60.6 Å². The largest absolute Gasteiger partial charge is 0.305 e. The molecule has 1 aliphatic carbocycles. The zero-order chi connectivity index (χ0) is 19.4. The first-order chi connectivity index (χ1) is 13.0. The van der Waals surface area contributed by atoms with E-state index in [1.807, 2.05) is 12.3 Å². The quantitative estimate of drug-likeness (QED) is 0.667. The van der Waals surface area contributed by atoms with Gasteiger partial charge in [-0.25, -0.2) is 0 Å². The molecule has 144 valence electrons. The highest BCUT2D eigenvalue weighted by Gasteiger charge is 2.22. The van der Waals surface area contributed by atoms with Gasteiger partial charge in [0, 0.05) is 34.6 Å². The lowest BCUT2D eigenvalue weighted by Crippen LogP contribution is -2.24. The van der Waals surface area contributed by atoms with Crippen LogP contribution in [0.15, 0.2) is 35.6 Å². The highest BCUT2D eigenvalue weighted by atomic mass is 16.1. The Kier molecular flexibility index (Phi) is 5.93. The summed E-state index contributed by atoms with van der Waals surface area (Å²) in [5, 5.41) is 2.09. The molecule has 0 atom stereocenters. The second-order valence-electron chi connectivity index (χ2n) is 8.35. The van der Waals surface area contributed by atoms with Gasteiger partial charge in [0.1, 0.15) is 5.49 Å². The van der Waals surface area contributed by atoms with E-state index in [-0.39, 0.29) is 5.41 Å². The summed E-state index contributed by atoms with van der Waals surface area (Å²) in [6, 6.07) is 4.13. The number of allylic oxidation sites excluding steroid dienone is 2. The first-order valence-corrected chi connectivity index (χ1v) is 10.1. The number of nitrogens with zero attached hydrogens (tertiary/aromatic N) is 3. The molecule has 1 aliphatic rings. The topological polar surface area (TPSA) is 47.2 Å². The lowest BCUT2D eigenvalue weighted by atomic mass is 9.84. The number of fused-ring (bicyclic) bond motifs is 1. The van der Waals surface area contributed by atoms with Crippen LogP contribution in [-0.4, -0.2) is 16.0 Å². The van der Waals surface area contributed by atoms with Crippen LogP contribution in [0.25, 0.3) is 16.5 Å². The van der Waals surface area contributed by atoms with Crippen molar-refractivity contribution in [3.63, 3.8) is 0 Å². The van der Waals surface area contributed by atoms with Crippen LogP contribution in [-0.2, 0) is 11.2 Å². The molecule has 2 aromatic heterocycles. The van der Waals surface area contributed by atoms with Gasteiger partial charge < -0.3 is 4.57 Å². The molecule has 0 aliphatic heterocycles. The Bertz CT molecular complexity index is 915. The number of hydrogen-bond acceptors (Lipinski definition) is 2. The third-order valence-corrected chi connectivity index (χ3v) is 6.06. The van der Waals surface area contributed by atoms with Crippen molar-refractivity contribution in [1.82, 2.24) is 9.55 Å². The molecule has 2 heterocycles. The van der Waals surface area contributed by atoms with Gasteiger partial charge in [-0.1, -0.05) is 46.1 Å². The van der Waals surface area contributed by atoms with E-state index in [0.29, 0.717) is 12.3 Å². The van der Waals surface area contributed by atoms with Crippen molar-refractivity contribution in [2.45, 2.75) is 66.2 Å². The summed E-state index contributed by atoms with van der Waals surface area (Å²) < 4.78 is 2.11. The number of rotatable bonds is 6. The van der Waals surface area contributed by atoms with Crippen molar-refractivity contribution < 1.29 is 4.79 Å². The molecule has 3 rings (SSSR count). The number of hydrogen-bond donors (Lipinski definition) is 0. The van der Waals surface area contributed by atoms with Crippen molar-refractivity contribution in [2.24, 2.45) is 16.3 Å². The smallest absolute Gasteiger partial charge is 0.234 e. The van der Waals surface area contributed by atoms with Gasteiger partial charge in [0.25, 0.3) is 0 Å². The molecular formula is C23H31N3O. The Hall–Kier alpha value is -2.23. The highest BCUT2D eigenvalue weighted by molar-refractivity contribution is 5.84. The lowest BCUT2D eigenvalue weighted by molar-refractivity contribution is -0.107. The Morgan fingerprint density at radius 1 is 1.30 bits per heavy atom. The number of amides is 1. The highest BCUT2D eigenvalue weighted by Crippen LogP contribution is 2.33. The minimum absolute atomic E-state index is 0.188. The van der Waals surface area contributed by atoms with E-state index >= 15 is 0 Å². The van der Waals surface area contributed by atoms with E-state index in [1.54, 1.807) is 0 Å². The van der Waals surface area contributed by atoms with E-state index < -0.39 is 0 Å². The van der Waals surface area contributed by atoms with E-state index in [1.165, 1.54) is 31.4 Å². The first-order valence-electron chi connectivity index (χ1n) is 10.1. The van der Waals surface area contributed by atoms with E-state index in [4.69, 9.17) is 0 Å². The van der Waals surface area contributed by atoms with Gasteiger partial charge in [0.2, 0.25) is 6.41 Å². The summed E-state index contributed by atoms with van der Waals surface area (Å²) in [7, 11) is 0. The number of carbonyl (C=O) groups is 1. The standard InChI is InChI=1S/C23H31N3O/c1-5-21(17-9-7-8-10-17)26-14-12-18-19(22(26)25-16-27)11-13-24-20(18)15-23(3,4)6-2/h5,11-14,16-17H,6-10,15H2,1-4H3/b21-5-,25-22-. The normalized spacial score (nSPS) is 17.0. The third kappa shape index (κ3) is 4.05. The Morgan fingerprint density at radius 2 is 2.04 bits per heavy atom. The van der Waals surface area contributed by atoms with Crippen LogP contribution in [0.2, 0.25) is 0 Å². The SMILES string of the molecule is C/C=C(/C1CCCC1)n1ccc2c(CC(C)(C)CC)nccc2/c1=N/C=O. The molecule has 4 heteroatoms. The molecule has 27 heavy (non-hydrogen) atoms. The molecule has 1 amide bonds. The number of aromatic nitrogens is 2. The summed E-state index contributed by atoms with van der Waals surface area (Å²) in [5.74, 6) is 0.540. The molecule has 1 saturated carbocycles. The second kappa shape index (κ2) is 8.20. The third-order valence-electron chi connectivity index (χ3n) is 6.06. The number of carbonyl (C=O) groups excluding carboxylic acids is 1. The molecule has 0 N–H and O–H groups in total. The zero-order valence-electron chi connectivity index (χ0n) is 17.0. The fourth-order valence-electron chi connectivity index (χ4n) is 4.15.